The molecule has 0 radical (unpaired) electrons. The number of aromatic nitrogens is 1. The molecule has 0 spiro atoms. The maximum absolute atomic E-state index is 10.6. The Morgan fingerprint density at radius 3 is 2.27 bits per heavy atom. The van der Waals surface area contributed by atoms with Crippen molar-refractivity contribution in [3.63, 3.8) is 0 Å². The normalized spacial score (nSPS) is 10.8. The molecule has 0 saturated heterocycles. The highest BCUT2D eigenvalue weighted by Crippen LogP contribution is 2.06. The summed E-state index contributed by atoms with van der Waals surface area (Å²) in [6, 6.07) is 7.19. The molecule has 8 heteroatoms. The molecule has 0 fully saturated rings. The number of rotatable bonds is 0. The molecule has 0 amide bonds. The summed E-state index contributed by atoms with van der Waals surface area (Å²) >= 11 is 0. The van der Waals surface area contributed by atoms with Crippen LogP contribution in [0.1, 0.15) is 0 Å². The van der Waals surface area contributed by atoms with E-state index >= 15 is 0 Å². The quantitative estimate of drug-likeness (QED) is 0.740. The maximum atomic E-state index is 10.6. The minimum Gasteiger partial charge on any atom is -0.408 e. The van der Waals surface area contributed by atoms with Crippen LogP contribution in [-0.2, 0) is 8.26 Å². The summed E-state index contributed by atoms with van der Waals surface area (Å²) in [5, 5.41) is 0. The van der Waals surface area contributed by atoms with Gasteiger partial charge in [0.05, 0.1) is 5.52 Å². The lowest BCUT2D eigenvalue weighted by atomic mass is 10.3. The Balaban J connectivity index is 0.000000195. The van der Waals surface area contributed by atoms with E-state index in [4.69, 9.17) is 12.8 Å². The Bertz CT molecular complexity index is 556. The highest BCUT2D eigenvalue weighted by atomic mass is 36.0. The molecule has 0 atom stereocenters. The lowest BCUT2D eigenvalue weighted by Crippen LogP contribution is -1.92. The molecule has 5 nitrogen and oxygen atoms in total. The molecule has 2 aromatic rings. The molecule has 1 aromatic heterocycles. The Labute approximate surface area is 93.5 Å². The van der Waals surface area contributed by atoms with Crippen molar-refractivity contribution < 1.29 is 12.8 Å². The first-order valence-electron chi connectivity index (χ1n) is 3.58. The molecule has 0 aliphatic carbocycles. The zero-order valence-corrected chi connectivity index (χ0v) is 9.43. The molecular formula is C7H5Cl2NO4S. The first-order chi connectivity index (χ1) is 6.86. The predicted molar refractivity (Wildman–Crippen MR) is 57.5 cm³/mol. The lowest BCUT2D eigenvalue weighted by Gasteiger charge is -1.79. The fraction of sp³-hybridized carbons (Fsp3) is 0. The van der Waals surface area contributed by atoms with Crippen LogP contribution in [0.3, 0.4) is 0 Å². The molecule has 1 heterocycles. The number of fused-ring (bicyclic) bond motifs is 1. The van der Waals surface area contributed by atoms with E-state index in [-0.39, 0.29) is 0 Å². The van der Waals surface area contributed by atoms with E-state index in [9.17, 15) is 4.79 Å². The molecule has 0 aliphatic heterocycles. The summed E-state index contributed by atoms with van der Waals surface area (Å²) < 4.78 is 23.1. The van der Waals surface area contributed by atoms with Crippen LogP contribution >= 0.6 is 21.4 Å². The van der Waals surface area contributed by atoms with Crippen LogP contribution in [0.5, 0.6) is 0 Å². The number of H-pyrrole nitrogens is 1. The van der Waals surface area contributed by atoms with Crippen molar-refractivity contribution in [1.29, 1.82) is 0 Å². The Morgan fingerprint density at radius 1 is 1.20 bits per heavy atom. The van der Waals surface area contributed by atoms with Gasteiger partial charge in [-0.2, -0.15) is 8.42 Å². The van der Waals surface area contributed by atoms with Gasteiger partial charge in [0.15, 0.2) is 5.58 Å². The van der Waals surface area contributed by atoms with Gasteiger partial charge in [-0.3, -0.25) is 4.98 Å². The second-order valence-electron chi connectivity index (χ2n) is 2.39. The highest BCUT2D eigenvalue weighted by Gasteiger charge is 1.95. The van der Waals surface area contributed by atoms with Gasteiger partial charge in [-0.15, -0.1) is 0 Å². The first kappa shape index (κ1) is 12.1. The molecule has 2 rings (SSSR count). The largest absolute Gasteiger partial charge is 0.417 e. The van der Waals surface area contributed by atoms with Crippen molar-refractivity contribution in [3.8, 4) is 0 Å². The fourth-order valence-electron chi connectivity index (χ4n) is 0.894. The summed E-state index contributed by atoms with van der Waals surface area (Å²) in [5.41, 5.74) is 1.35. The van der Waals surface area contributed by atoms with Gasteiger partial charge in [-0.1, -0.05) is 12.1 Å². The lowest BCUT2D eigenvalue weighted by molar-refractivity contribution is 0.555. The third kappa shape index (κ3) is 4.87. The van der Waals surface area contributed by atoms with E-state index in [0.29, 0.717) is 5.58 Å². The van der Waals surface area contributed by atoms with Crippen molar-refractivity contribution >= 4 is 40.7 Å². The van der Waals surface area contributed by atoms with E-state index in [2.05, 4.69) is 26.3 Å². The van der Waals surface area contributed by atoms with Crippen LogP contribution in [0, 0.1) is 0 Å². The Hall–Kier alpha value is -0.980. The molecular weight excluding hydrogens is 265 g/mol. The number of benzene rings is 1. The maximum Gasteiger partial charge on any atom is 0.417 e. The Kier molecular flexibility index (Phi) is 3.78. The number of hydrogen-bond acceptors (Lipinski definition) is 4. The summed E-state index contributed by atoms with van der Waals surface area (Å²) in [5.74, 6) is -0.402. The molecule has 0 saturated carbocycles. The third-order valence-electron chi connectivity index (χ3n) is 1.33. The van der Waals surface area contributed by atoms with Gasteiger partial charge >= 0.3 is 14.0 Å². The van der Waals surface area contributed by atoms with Crippen molar-refractivity contribution in [1.82, 2.24) is 4.98 Å². The number of nitrogens with one attached hydrogen (secondary N) is 1. The van der Waals surface area contributed by atoms with Crippen molar-refractivity contribution in [3.05, 3.63) is 34.8 Å². The van der Waals surface area contributed by atoms with E-state index in [1.54, 1.807) is 12.1 Å². The summed E-state index contributed by atoms with van der Waals surface area (Å²) in [7, 11) is 4.81. The highest BCUT2D eigenvalue weighted by molar-refractivity contribution is 8.31. The van der Waals surface area contributed by atoms with Crippen LogP contribution in [0.25, 0.3) is 11.1 Å². The van der Waals surface area contributed by atoms with Crippen molar-refractivity contribution in [2.45, 2.75) is 0 Å². The standard InChI is InChI=1S/C7H5NO2.Cl2O2S/c9-7-8-5-3-1-2-4-6(5)10-7;1-5(2,3)4/h1-4H,(H,8,9);. The summed E-state index contributed by atoms with van der Waals surface area (Å²) in [4.78, 5) is 13.1. The second kappa shape index (κ2) is 4.69. The summed E-state index contributed by atoms with van der Waals surface area (Å²) in [6.07, 6.45) is 0. The second-order valence-corrected chi connectivity index (χ2v) is 6.06. The fourth-order valence-corrected chi connectivity index (χ4v) is 0.894. The number of hydrogen-bond donors (Lipinski definition) is 1. The minimum absolute atomic E-state index is 0.402. The average Bonchev–Trinajstić information content (AvgIpc) is 2.40. The zero-order valence-electron chi connectivity index (χ0n) is 7.11. The Morgan fingerprint density at radius 2 is 1.73 bits per heavy atom. The van der Waals surface area contributed by atoms with E-state index < -0.39 is 14.0 Å². The van der Waals surface area contributed by atoms with Crippen molar-refractivity contribution in [2.75, 3.05) is 0 Å². The molecule has 82 valence electrons. The minimum atomic E-state index is -3.72. The predicted octanol–water partition coefficient (Wildman–Crippen LogP) is 1.83. The van der Waals surface area contributed by atoms with Gasteiger partial charge in [0.1, 0.15) is 0 Å². The van der Waals surface area contributed by atoms with Gasteiger partial charge in [-0.05, 0) is 12.1 Å². The molecule has 0 bridgehead atoms. The molecule has 1 aromatic carbocycles. The average molecular weight is 270 g/mol. The monoisotopic (exact) mass is 269 g/mol. The van der Waals surface area contributed by atoms with Crippen LogP contribution in [0.15, 0.2) is 33.5 Å². The van der Waals surface area contributed by atoms with E-state index in [1.807, 2.05) is 12.1 Å². The van der Waals surface area contributed by atoms with Gasteiger partial charge in [0, 0.05) is 21.4 Å². The number of halogens is 2. The molecule has 15 heavy (non-hydrogen) atoms. The molecule has 1 N–H and O–H groups in total. The SMILES string of the molecule is O=S(=O)(Cl)Cl.O=c1[nH]c2ccccc2o1. The number of aromatic amines is 1. The van der Waals surface area contributed by atoms with Gasteiger partial charge in [0.25, 0.3) is 0 Å². The van der Waals surface area contributed by atoms with Crippen LogP contribution in [-0.4, -0.2) is 13.4 Å². The third-order valence-corrected chi connectivity index (χ3v) is 1.33. The number of para-hydroxylation sites is 2. The van der Waals surface area contributed by atoms with E-state index in [0.717, 1.165) is 5.52 Å². The number of oxazole rings is 1. The van der Waals surface area contributed by atoms with Crippen LogP contribution < -0.4 is 5.76 Å². The smallest absolute Gasteiger partial charge is 0.408 e. The van der Waals surface area contributed by atoms with Gasteiger partial charge in [-0.25, -0.2) is 4.79 Å². The zero-order chi connectivity index (χ0) is 11.5. The van der Waals surface area contributed by atoms with Crippen LogP contribution in [0.2, 0.25) is 0 Å². The van der Waals surface area contributed by atoms with Gasteiger partial charge < -0.3 is 4.42 Å². The topological polar surface area (TPSA) is 80.1 Å². The van der Waals surface area contributed by atoms with Crippen LogP contribution in [0.4, 0.5) is 0 Å². The van der Waals surface area contributed by atoms with E-state index in [1.165, 1.54) is 0 Å². The molecule has 0 unspecified atom stereocenters. The molecule has 0 aliphatic rings. The first-order valence-corrected chi connectivity index (χ1v) is 6.72. The van der Waals surface area contributed by atoms with Crippen molar-refractivity contribution in [2.24, 2.45) is 0 Å². The summed E-state index contributed by atoms with van der Waals surface area (Å²) in [6.45, 7) is 0. The van der Waals surface area contributed by atoms with Gasteiger partial charge in [0.2, 0.25) is 0 Å².